The van der Waals surface area contributed by atoms with Crippen molar-refractivity contribution in [3.05, 3.63) is 36.5 Å². The largest absolute Gasteiger partial charge is 0.442 e. The number of carbonyl (C=O) groups excluding carboxylic acids is 1. The summed E-state index contributed by atoms with van der Waals surface area (Å²) in [7, 11) is 0. The van der Waals surface area contributed by atoms with Crippen LogP contribution in [0.25, 0.3) is 0 Å². The van der Waals surface area contributed by atoms with Crippen LogP contribution in [0.2, 0.25) is 0 Å². The van der Waals surface area contributed by atoms with Crippen molar-refractivity contribution in [2.75, 3.05) is 0 Å². The summed E-state index contributed by atoms with van der Waals surface area (Å²) in [6.45, 7) is 9.17. The highest BCUT2D eigenvalue weighted by atomic mass is 16.6. The lowest BCUT2D eigenvalue weighted by atomic mass is 10.1. The van der Waals surface area contributed by atoms with E-state index >= 15 is 0 Å². The second-order valence-electron chi connectivity index (χ2n) is 4.22. The van der Waals surface area contributed by atoms with E-state index < -0.39 is 11.7 Å². The third kappa shape index (κ3) is 3.94. The molecule has 1 amide bonds. The van der Waals surface area contributed by atoms with Gasteiger partial charge in [-0.3, -0.25) is 0 Å². The van der Waals surface area contributed by atoms with Gasteiger partial charge in [-0.2, -0.15) is 4.99 Å². The molecule has 3 nitrogen and oxygen atoms in total. The molecule has 1 aliphatic rings. The highest BCUT2D eigenvalue weighted by molar-refractivity contribution is 6.14. The van der Waals surface area contributed by atoms with Crippen molar-refractivity contribution in [3.63, 3.8) is 0 Å². The van der Waals surface area contributed by atoms with E-state index in [0.717, 1.165) is 0 Å². The van der Waals surface area contributed by atoms with Crippen molar-refractivity contribution >= 4 is 11.8 Å². The minimum Gasteiger partial charge on any atom is -0.442 e. The summed E-state index contributed by atoms with van der Waals surface area (Å²) in [4.78, 5) is 15.2. The molecule has 0 aromatic carbocycles. The van der Waals surface area contributed by atoms with Crippen LogP contribution >= 0.6 is 0 Å². The molecule has 0 spiro atoms. The number of allylic oxidation sites excluding steroid dienone is 5. The molecule has 0 saturated heterocycles. The Labute approximate surface area is 89.8 Å². The number of rotatable bonds is 0. The second kappa shape index (κ2) is 4.26. The van der Waals surface area contributed by atoms with Gasteiger partial charge in [-0.25, -0.2) is 4.79 Å². The number of nitrogens with zero attached hydrogens (tertiary/aromatic N) is 1. The maximum Gasteiger partial charge on any atom is 0.434 e. The van der Waals surface area contributed by atoms with E-state index in [0.29, 0.717) is 11.3 Å². The lowest BCUT2D eigenvalue weighted by molar-refractivity contribution is 0.0604. The van der Waals surface area contributed by atoms with Crippen molar-refractivity contribution in [2.24, 2.45) is 4.99 Å². The monoisotopic (exact) mass is 205 g/mol. The van der Waals surface area contributed by atoms with Crippen molar-refractivity contribution in [2.45, 2.75) is 26.4 Å². The van der Waals surface area contributed by atoms with Crippen molar-refractivity contribution in [1.29, 1.82) is 0 Å². The van der Waals surface area contributed by atoms with Crippen LogP contribution in [-0.2, 0) is 4.74 Å². The van der Waals surface area contributed by atoms with Crippen LogP contribution in [0, 0.1) is 0 Å². The van der Waals surface area contributed by atoms with Crippen LogP contribution in [0.5, 0.6) is 0 Å². The van der Waals surface area contributed by atoms with Gasteiger partial charge in [0.1, 0.15) is 5.60 Å². The maximum atomic E-state index is 11.4. The van der Waals surface area contributed by atoms with Crippen LogP contribution in [0.4, 0.5) is 4.79 Å². The van der Waals surface area contributed by atoms with E-state index in [1.807, 2.05) is 6.08 Å². The number of ether oxygens (including phenoxy) is 1. The minimum atomic E-state index is -0.585. The zero-order valence-electron chi connectivity index (χ0n) is 9.28. The van der Waals surface area contributed by atoms with Gasteiger partial charge in [0.15, 0.2) is 0 Å². The van der Waals surface area contributed by atoms with Gasteiger partial charge in [0.25, 0.3) is 0 Å². The van der Waals surface area contributed by atoms with Crippen LogP contribution in [0.1, 0.15) is 20.8 Å². The molecule has 0 N–H and O–H groups in total. The first-order valence-electron chi connectivity index (χ1n) is 4.74. The Hall–Kier alpha value is -1.64. The van der Waals surface area contributed by atoms with Gasteiger partial charge in [-0.05, 0) is 32.4 Å². The fourth-order valence-corrected chi connectivity index (χ4v) is 1.00. The minimum absolute atomic E-state index is 0.517. The maximum absolute atomic E-state index is 11.4. The molecule has 15 heavy (non-hydrogen) atoms. The molecule has 0 aromatic rings. The van der Waals surface area contributed by atoms with Crippen molar-refractivity contribution in [1.82, 2.24) is 0 Å². The molecule has 0 unspecified atom stereocenters. The zero-order chi connectivity index (χ0) is 11.5. The molecule has 0 aliphatic heterocycles. The predicted molar refractivity (Wildman–Crippen MR) is 61.1 cm³/mol. The third-order valence-corrected chi connectivity index (χ3v) is 1.60. The molecule has 0 heterocycles. The lowest BCUT2D eigenvalue weighted by Crippen LogP contribution is -2.22. The Bertz CT molecular complexity index is 368. The summed E-state index contributed by atoms with van der Waals surface area (Å²) in [5.41, 5.74) is 0.742. The molecule has 0 radical (unpaired) electrons. The van der Waals surface area contributed by atoms with Crippen LogP contribution in [0.15, 0.2) is 41.4 Å². The van der Waals surface area contributed by atoms with Crippen LogP contribution < -0.4 is 0 Å². The molecule has 1 aliphatic carbocycles. The summed E-state index contributed by atoms with van der Waals surface area (Å²) in [6, 6.07) is 0. The molecule has 80 valence electrons. The number of hydrogen-bond acceptors (Lipinski definition) is 2. The topological polar surface area (TPSA) is 38.7 Å². The SMILES string of the molecule is C=C1C=CC=C/C1=N/C(=O)OC(C)(C)C. The number of carbonyl (C=O) groups is 1. The second-order valence-corrected chi connectivity index (χ2v) is 4.22. The molecule has 0 aromatic heterocycles. The Morgan fingerprint density at radius 1 is 1.33 bits per heavy atom. The van der Waals surface area contributed by atoms with Gasteiger partial charge in [0, 0.05) is 0 Å². The summed E-state index contributed by atoms with van der Waals surface area (Å²) >= 11 is 0. The number of amides is 1. The third-order valence-electron chi connectivity index (χ3n) is 1.60. The molecule has 1 rings (SSSR count). The Morgan fingerprint density at radius 2 is 1.93 bits per heavy atom. The summed E-state index contributed by atoms with van der Waals surface area (Å²) in [6.07, 6.45) is 6.59. The van der Waals surface area contributed by atoms with Gasteiger partial charge < -0.3 is 4.74 Å². The molecule has 3 heteroatoms. The van der Waals surface area contributed by atoms with E-state index in [1.54, 1.807) is 39.0 Å². The normalized spacial score (nSPS) is 18.3. The number of hydrogen-bond donors (Lipinski definition) is 0. The first-order chi connectivity index (χ1) is 6.88. The fraction of sp³-hybridized carbons (Fsp3) is 0.333. The van der Waals surface area contributed by atoms with Gasteiger partial charge in [0.05, 0.1) is 5.71 Å². The standard InChI is InChI=1S/C12H15NO2/c1-9-7-5-6-8-10(9)13-11(14)15-12(2,3)4/h5-8H,1H2,2-4H3/b13-10-. The van der Waals surface area contributed by atoms with E-state index in [1.165, 1.54) is 0 Å². The Morgan fingerprint density at radius 3 is 2.47 bits per heavy atom. The molecule has 0 atom stereocenters. The van der Waals surface area contributed by atoms with E-state index in [4.69, 9.17) is 4.74 Å². The van der Waals surface area contributed by atoms with Crippen molar-refractivity contribution in [3.8, 4) is 0 Å². The zero-order valence-corrected chi connectivity index (χ0v) is 9.28. The molecular weight excluding hydrogens is 190 g/mol. The molecule has 0 bridgehead atoms. The summed E-state index contributed by atoms with van der Waals surface area (Å²) < 4.78 is 5.06. The Kier molecular flexibility index (Phi) is 3.24. The predicted octanol–water partition coefficient (Wildman–Crippen LogP) is 3.04. The van der Waals surface area contributed by atoms with Gasteiger partial charge in [-0.15, -0.1) is 0 Å². The average molecular weight is 205 g/mol. The quantitative estimate of drug-likeness (QED) is 0.609. The molecule has 0 fully saturated rings. The Balaban J connectivity index is 2.72. The molecule has 0 saturated carbocycles. The number of aliphatic imine (C=N–C) groups is 1. The highest BCUT2D eigenvalue weighted by Gasteiger charge is 2.16. The van der Waals surface area contributed by atoms with Gasteiger partial charge in [-0.1, -0.05) is 24.8 Å². The van der Waals surface area contributed by atoms with Crippen LogP contribution in [-0.4, -0.2) is 17.4 Å². The highest BCUT2D eigenvalue weighted by Crippen LogP contribution is 2.11. The van der Waals surface area contributed by atoms with Crippen molar-refractivity contribution < 1.29 is 9.53 Å². The fourth-order valence-electron chi connectivity index (χ4n) is 1.00. The van der Waals surface area contributed by atoms with Crippen LogP contribution in [0.3, 0.4) is 0 Å². The first-order valence-corrected chi connectivity index (χ1v) is 4.74. The summed E-state index contributed by atoms with van der Waals surface area (Å²) in [5.74, 6) is 0. The van der Waals surface area contributed by atoms with Gasteiger partial charge in [0.2, 0.25) is 0 Å². The first kappa shape index (κ1) is 11.4. The lowest BCUT2D eigenvalue weighted by Gasteiger charge is -2.17. The summed E-state index contributed by atoms with van der Waals surface area (Å²) in [5, 5.41) is 0. The van der Waals surface area contributed by atoms with E-state index in [2.05, 4.69) is 11.6 Å². The van der Waals surface area contributed by atoms with Gasteiger partial charge >= 0.3 is 6.09 Å². The molecular formula is C12H15NO2. The average Bonchev–Trinajstić information content (AvgIpc) is 2.05. The van der Waals surface area contributed by atoms with E-state index in [-0.39, 0.29) is 0 Å². The smallest absolute Gasteiger partial charge is 0.434 e. The van der Waals surface area contributed by atoms with E-state index in [9.17, 15) is 4.79 Å².